The summed E-state index contributed by atoms with van der Waals surface area (Å²) >= 11 is 0. The minimum Gasteiger partial charge on any atom is -0.378 e. The molecule has 0 bridgehead atoms. The van der Waals surface area contributed by atoms with Crippen LogP contribution in [0.1, 0.15) is 38.3 Å². The Morgan fingerprint density at radius 1 is 1.37 bits per heavy atom. The number of aromatic nitrogens is 2. The van der Waals surface area contributed by atoms with Gasteiger partial charge in [-0.1, -0.05) is 38.1 Å². The molecule has 148 valence electrons. The highest BCUT2D eigenvalue weighted by atomic mass is 35.5. The van der Waals surface area contributed by atoms with Gasteiger partial charge in [0.25, 0.3) is 0 Å². The maximum atomic E-state index is 12.7. The number of benzene rings is 1. The minimum absolute atomic E-state index is 0. The van der Waals surface area contributed by atoms with Gasteiger partial charge in [0.05, 0.1) is 12.6 Å². The monoisotopic (exact) mass is 392 g/mol. The zero-order valence-corrected chi connectivity index (χ0v) is 17.0. The van der Waals surface area contributed by atoms with E-state index in [-0.39, 0.29) is 29.8 Å². The van der Waals surface area contributed by atoms with E-state index < -0.39 is 5.54 Å². The van der Waals surface area contributed by atoms with E-state index in [1.54, 1.807) is 6.20 Å². The highest BCUT2D eigenvalue weighted by molar-refractivity contribution is 5.88. The summed E-state index contributed by atoms with van der Waals surface area (Å²) in [6.45, 7) is 7.76. The lowest BCUT2D eigenvalue weighted by molar-refractivity contribution is -0.170. The average molecular weight is 393 g/mol. The summed E-state index contributed by atoms with van der Waals surface area (Å²) in [5.74, 6) is -0.115. The maximum Gasteiger partial charge on any atom is 0.241 e. The van der Waals surface area contributed by atoms with Crippen molar-refractivity contribution in [2.45, 2.75) is 51.9 Å². The molecule has 1 aliphatic carbocycles. The lowest BCUT2D eigenvalue weighted by Crippen LogP contribution is -2.75. The van der Waals surface area contributed by atoms with E-state index in [1.807, 2.05) is 49.8 Å². The summed E-state index contributed by atoms with van der Waals surface area (Å²) < 4.78 is 7.57. The summed E-state index contributed by atoms with van der Waals surface area (Å²) in [4.78, 5) is 12.7. The number of hydrogen-bond acceptors (Lipinski definition) is 4. The average Bonchev–Trinajstić information content (AvgIpc) is 3.12. The molecule has 2 unspecified atom stereocenters. The Morgan fingerprint density at radius 3 is 2.74 bits per heavy atom. The van der Waals surface area contributed by atoms with Gasteiger partial charge in [-0.15, -0.1) is 12.4 Å². The Labute approximate surface area is 166 Å². The molecule has 1 aromatic carbocycles. The van der Waals surface area contributed by atoms with Crippen LogP contribution in [0.3, 0.4) is 0 Å². The molecule has 2 atom stereocenters. The summed E-state index contributed by atoms with van der Waals surface area (Å²) in [6.07, 6.45) is 4.28. The van der Waals surface area contributed by atoms with Crippen LogP contribution in [-0.4, -0.2) is 33.9 Å². The minimum atomic E-state index is -0.889. The van der Waals surface area contributed by atoms with E-state index in [9.17, 15) is 4.79 Å². The third kappa shape index (κ3) is 4.18. The van der Waals surface area contributed by atoms with Crippen molar-refractivity contribution in [1.29, 1.82) is 0 Å². The van der Waals surface area contributed by atoms with Gasteiger partial charge in [0, 0.05) is 37.4 Å². The Morgan fingerprint density at radius 2 is 2.11 bits per heavy atom. The number of nitrogens with one attached hydrogen (secondary N) is 1. The Kier molecular flexibility index (Phi) is 6.68. The number of carbonyl (C=O) groups excluding carboxylic acids is 1. The molecule has 1 saturated carbocycles. The Bertz CT molecular complexity index is 763. The van der Waals surface area contributed by atoms with Gasteiger partial charge in [-0.3, -0.25) is 9.48 Å². The van der Waals surface area contributed by atoms with Crippen molar-refractivity contribution in [3.63, 3.8) is 0 Å². The Balaban J connectivity index is 0.00000261. The van der Waals surface area contributed by atoms with Gasteiger partial charge in [0.15, 0.2) is 0 Å². The number of amides is 1. The van der Waals surface area contributed by atoms with Crippen LogP contribution in [0.4, 0.5) is 0 Å². The van der Waals surface area contributed by atoms with Gasteiger partial charge in [0.2, 0.25) is 5.91 Å². The SMILES string of the molecule is CCOC1CC(N)(C(=O)NCc2cccc(Cn3cccn3)c2)C1(C)C.Cl. The van der Waals surface area contributed by atoms with Gasteiger partial charge in [0.1, 0.15) is 5.54 Å². The van der Waals surface area contributed by atoms with Crippen molar-refractivity contribution in [1.82, 2.24) is 15.1 Å². The largest absolute Gasteiger partial charge is 0.378 e. The van der Waals surface area contributed by atoms with E-state index in [1.165, 1.54) is 0 Å². The molecule has 7 heteroatoms. The quantitative estimate of drug-likeness (QED) is 0.758. The highest BCUT2D eigenvalue weighted by Crippen LogP contribution is 2.49. The molecule has 0 saturated heterocycles. The number of carbonyl (C=O) groups is 1. The molecular formula is C20H29ClN4O2. The third-order valence-corrected chi connectivity index (χ3v) is 5.58. The van der Waals surface area contributed by atoms with E-state index in [4.69, 9.17) is 10.5 Å². The van der Waals surface area contributed by atoms with Crippen LogP contribution in [0.5, 0.6) is 0 Å². The van der Waals surface area contributed by atoms with Crippen molar-refractivity contribution >= 4 is 18.3 Å². The first-order valence-corrected chi connectivity index (χ1v) is 9.11. The molecule has 27 heavy (non-hydrogen) atoms. The second-order valence-electron chi connectivity index (χ2n) is 7.55. The predicted molar refractivity (Wildman–Crippen MR) is 108 cm³/mol. The first-order chi connectivity index (χ1) is 12.4. The van der Waals surface area contributed by atoms with Crippen LogP contribution in [0, 0.1) is 5.41 Å². The first-order valence-electron chi connectivity index (χ1n) is 9.11. The van der Waals surface area contributed by atoms with Gasteiger partial charge >= 0.3 is 0 Å². The molecule has 1 heterocycles. The van der Waals surface area contributed by atoms with E-state index >= 15 is 0 Å². The van der Waals surface area contributed by atoms with Gasteiger partial charge in [-0.2, -0.15) is 5.10 Å². The second-order valence-corrected chi connectivity index (χ2v) is 7.55. The molecule has 0 spiro atoms. The summed E-state index contributed by atoms with van der Waals surface area (Å²) in [5.41, 5.74) is 7.34. The first kappa shape index (κ1) is 21.4. The fourth-order valence-corrected chi connectivity index (χ4v) is 3.58. The lowest BCUT2D eigenvalue weighted by Gasteiger charge is -2.57. The molecule has 1 fully saturated rings. The summed E-state index contributed by atoms with van der Waals surface area (Å²) in [5, 5.41) is 7.23. The number of nitrogens with zero attached hydrogens (tertiary/aromatic N) is 2. The van der Waals surface area contributed by atoms with Crippen LogP contribution in [0.2, 0.25) is 0 Å². The van der Waals surface area contributed by atoms with Crippen molar-refractivity contribution < 1.29 is 9.53 Å². The normalized spacial score (nSPS) is 23.2. The molecule has 1 aliphatic rings. The van der Waals surface area contributed by atoms with Crippen LogP contribution in [0.25, 0.3) is 0 Å². The van der Waals surface area contributed by atoms with Gasteiger partial charge in [-0.05, 0) is 24.1 Å². The highest BCUT2D eigenvalue weighted by Gasteiger charge is 2.62. The molecule has 0 radical (unpaired) electrons. The lowest BCUT2D eigenvalue weighted by atomic mass is 9.54. The molecule has 1 amide bonds. The molecule has 2 aromatic rings. The number of rotatable bonds is 7. The van der Waals surface area contributed by atoms with Crippen molar-refractivity contribution in [2.24, 2.45) is 11.1 Å². The van der Waals surface area contributed by atoms with E-state index in [0.717, 1.165) is 11.1 Å². The van der Waals surface area contributed by atoms with Crippen molar-refractivity contribution in [2.75, 3.05) is 6.61 Å². The number of ether oxygens (including phenoxy) is 1. The topological polar surface area (TPSA) is 82.2 Å². The number of halogens is 1. The molecule has 1 aromatic heterocycles. The van der Waals surface area contributed by atoms with Crippen molar-refractivity contribution in [3.05, 3.63) is 53.9 Å². The standard InChI is InChI=1S/C20H28N4O2.ClH/c1-4-26-17-12-20(21,19(17,2)3)18(25)22-13-15-7-5-8-16(11-15)14-24-10-6-9-23-24;/h5-11,17H,4,12-14,21H2,1-3H3,(H,22,25);1H. The number of hydrogen-bond donors (Lipinski definition) is 2. The second kappa shape index (κ2) is 8.42. The van der Waals surface area contributed by atoms with Crippen LogP contribution in [0.15, 0.2) is 42.7 Å². The van der Waals surface area contributed by atoms with Gasteiger partial charge < -0.3 is 15.8 Å². The third-order valence-electron chi connectivity index (χ3n) is 5.58. The van der Waals surface area contributed by atoms with Crippen LogP contribution < -0.4 is 11.1 Å². The van der Waals surface area contributed by atoms with Gasteiger partial charge in [-0.25, -0.2) is 0 Å². The van der Waals surface area contributed by atoms with Crippen molar-refractivity contribution in [3.8, 4) is 0 Å². The zero-order chi connectivity index (χ0) is 18.8. The predicted octanol–water partition coefficient (Wildman–Crippen LogP) is 2.50. The molecule has 3 N–H and O–H groups in total. The number of nitrogens with two attached hydrogens (primary N) is 1. The Hall–Kier alpha value is -1.89. The zero-order valence-electron chi connectivity index (χ0n) is 16.1. The smallest absolute Gasteiger partial charge is 0.241 e. The van der Waals surface area contributed by atoms with E-state index in [2.05, 4.69) is 22.5 Å². The molecule has 0 aliphatic heterocycles. The van der Waals surface area contributed by atoms with Crippen LogP contribution in [-0.2, 0) is 22.6 Å². The maximum absolute atomic E-state index is 12.7. The molecule has 3 rings (SSSR count). The molecular weight excluding hydrogens is 364 g/mol. The summed E-state index contributed by atoms with van der Waals surface area (Å²) in [7, 11) is 0. The fraction of sp³-hybridized carbons (Fsp3) is 0.500. The molecule has 6 nitrogen and oxygen atoms in total. The van der Waals surface area contributed by atoms with Crippen LogP contribution >= 0.6 is 12.4 Å². The fourth-order valence-electron chi connectivity index (χ4n) is 3.58. The van der Waals surface area contributed by atoms with E-state index in [0.29, 0.717) is 26.1 Å². The summed E-state index contributed by atoms with van der Waals surface area (Å²) in [6, 6.07) is 10.0.